The molecule has 0 aromatic rings. The summed E-state index contributed by atoms with van der Waals surface area (Å²) in [5.74, 6) is -2.00. The van der Waals surface area contributed by atoms with Gasteiger partial charge in [0.05, 0.1) is 0 Å². The first-order valence-corrected chi connectivity index (χ1v) is 7.05. The van der Waals surface area contributed by atoms with Crippen LogP contribution in [-0.4, -0.2) is 54.0 Å². The molecule has 120 valence electrons. The normalized spacial score (nSPS) is 32.1. The largest absolute Gasteiger partial charge is 0.463 e. The third kappa shape index (κ3) is 5.24. The van der Waals surface area contributed by atoms with Gasteiger partial charge in [0.25, 0.3) is 0 Å². The van der Waals surface area contributed by atoms with Gasteiger partial charge < -0.3 is 18.9 Å². The fourth-order valence-corrected chi connectivity index (χ4v) is 2.43. The number of rotatable bonds is 4. The second-order valence-corrected chi connectivity index (χ2v) is 5.32. The summed E-state index contributed by atoms with van der Waals surface area (Å²) in [5, 5.41) is -1.09. The van der Waals surface area contributed by atoms with Crippen LogP contribution in [0.3, 0.4) is 0 Å². The summed E-state index contributed by atoms with van der Waals surface area (Å²) in [6.45, 7) is 3.16. The summed E-state index contributed by atoms with van der Waals surface area (Å²) >= 11 is 2.96. The molecule has 0 bridgehead atoms. The number of carbonyl (C=O) groups is 3. The van der Waals surface area contributed by atoms with E-state index in [2.05, 4.69) is 15.9 Å². The van der Waals surface area contributed by atoms with Crippen molar-refractivity contribution in [2.24, 2.45) is 0 Å². The SMILES string of the molecule is CC(=O)OC[C@H]1OC(Br)[C@@H](F)[C@@H](OC(C)=O)[C@@H]1OC(C)=O. The predicted octanol–water partition coefficient (Wildman–Crippen LogP) is 0.871. The van der Waals surface area contributed by atoms with Crippen molar-refractivity contribution in [3.63, 3.8) is 0 Å². The highest BCUT2D eigenvalue weighted by atomic mass is 79.9. The average Bonchev–Trinajstić information content (AvgIpc) is 2.35. The number of esters is 3. The number of alkyl halides is 2. The van der Waals surface area contributed by atoms with Gasteiger partial charge in [0.1, 0.15) is 17.7 Å². The van der Waals surface area contributed by atoms with Crippen LogP contribution in [0.4, 0.5) is 4.39 Å². The molecule has 1 aliphatic rings. The molecular formula is C12H16BrFO7. The Kier molecular flexibility index (Phi) is 6.53. The number of hydrogen-bond acceptors (Lipinski definition) is 7. The Morgan fingerprint density at radius 1 is 1.05 bits per heavy atom. The maximum Gasteiger partial charge on any atom is 0.303 e. The van der Waals surface area contributed by atoms with Crippen molar-refractivity contribution in [3.8, 4) is 0 Å². The maximum absolute atomic E-state index is 14.1. The first-order valence-electron chi connectivity index (χ1n) is 6.13. The molecule has 0 N–H and O–H groups in total. The highest BCUT2D eigenvalue weighted by Crippen LogP contribution is 2.31. The quantitative estimate of drug-likeness (QED) is 0.412. The smallest absolute Gasteiger partial charge is 0.303 e. The van der Waals surface area contributed by atoms with Crippen LogP contribution in [0, 0.1) is 0 Å². The Labute approximate surface area is 129 Å². The first kappa shape index (κ1) is 17.8. The van der Waals surface area contributed by atoms with E-state index in [0.29, 0.717) is 0 Å². The van der Waals surface area contributed by atoms with Gasteiger partial charge in [-0.1, -0.05) is 15.9 Å². The molecule has 0 saturated carbocycles. The Hall–Kier alpha value is -1.22. The Morgan fingerprint density at radius 3 is 2.05 bits per heavy atom. The molecule has 1 unspecified atom stereocenters. The summed E-state index contributed by atoms with van der Waals surface area (Å²) in [6, 6.07) is 0. The highest BCUT2D eigenvalue weighted by molar-refractivity contribution is 9.09. The molecule has 7 nitrogen and oxygen atoms in total. The molecule has 0 aromatic carbocycles. The fraction of sp³-hybridized carbons (Fsp3) is 0.750. The summed E-state index contributed by atoms with van der Waals surface area (Å²) in [4.78, 5) is 33.1. The third-order valence-corrected chi connectivity index (χ3v) is 3.34. The van der Waals surface area contributed by atoms with Gasteiger partial charge >= 0.3 is 17.9 Å². The fourth-order valence-electron chi connectivity index (χ4n) is 1.85. The van der Waals surface area contributed by atoms with Crippen LogP contribution in [0.5, 0.6) is 0 Å². The lowest BCUT2D eigenvalue weighted by Crippen LogP contribution is -2.58. The zero-order valence-electron chi connectivity index (χ0n) is 11.7. The molecule has 9 heteroatoms. The number of halogens is 2. The molecule has 1 heterocycles. The molecule has 1 aliphatic heterocycles. The molecule has 1 fully saturated rings. The van der Waals surface area contributed by atoms with Crippen LogP contribution in [0.1, 0.15) is 20.8 Å². The van der Waals surface area contributed by atoms with Crippen molar-refractivity contribution in [1.82, 2.24) is 0 Å². The van der Waals surface area contributed by atoms with Gasteiger partial charge in [0.15, 0.2) is 18.4 Å². The molecule has 0 aromatic heterocycles. The van der Waals surface area contributed by atoms with E-state index in [0.717, 1.165) is 13.8 Å². The van der Waals surface area contributed by atoms with Crippen LogP contribution >= 0.6 is 15.9 Å². The van der Waals surface area contributed by atoms with Crippen LogP contribution in [0.2, 0.25) is 0 Å². The summed E-state index contributed by atoms with van der Waals surface area (Å²) < 4.78 is 34.0. The van der Waals surface area contributed by atoms with E-state index < -0.39 is 47.4 Å². The van der Waals surface area contributed by atoms with E-state index in [-0.39, 0.29) is 6.61 Å². The van der Waals surface area contributed by atoms with E-state index in [4.69, 9.17) is 18.9 Å². The van der Waals surface area contributed by atoms with Crippen molar-refractivity contribution in [1.29, 1.82) is 0 Å². The van der Waals surface area contributed by atoms with Crippen molar-refractivity contribution in [3.05, 3.63) is 0 Å². The zero-order valence-corrected chi connectivity index (χ0v) is 13.3. The zero-order chi connectivity index (χ0) is 16.2. The van der Waals surface area contributed by atoms with Gasteiger partial charge in [-0.25, -0.2) is 4.39 Å². The first-order chi connectivity index (χ1) is 9.72. The van der Waals surface area contributed by atoms with Crippen LogP contribution in [0.25, 0.3) is 0 Å². The second-order valence-electron chi connectivity index (χ2n) is 4.42. The van der Waals surface area contributed by atoms with Crippen LogP contribution in [0.15, 0.2) is 0 Å². The van der Waals surface area contributed by atoms with Crippen molar-refractivity contribution < 1.29 is 37.7 Å². The molecule has 1 saturated heterocycles. The van der Waals surface area contributed by atoms with Gasteiger partial charge in [0, 0.05) is 20.8 Å². The monoisotopic (exact) mass is 370 g/mol. The van der Waals surface area contributed by atoms with Gasteiger partial charge in [-0.15, -0.1) is 0 Å². The number of hydrogen-bond donors (Lipinski definition) is 0. The van der Waals surface area contributed by atoms with Gasteiger partial charge in [-0.2, -0.15) is 0 Å². The highest BCUT2D eigenvalue weighted by Gasteiger charge is 2.50. The Bertz CT molecular complexity index is 416. The molecule has 1 rings (SSSR count). The lowest BCUT2D eigenvalue weighted by atomic mass is 10.0. The second kappa shape index (κ2) is 7.69. The van der Waals surface area contributed by atoms with Crippen LogP contribution in [-0.2, 0) is 33.3 Å². The van der Waals surface area contributed by atoms with E-state index in [9.17, 15) is 18.8 Å². The third-order valence-electron chi connectivity index (χ3n) is 2.61. The summed E-state index contributed by atoms with van der Waals surface area (Å²) in [6.07, 6.45) is -5.27. The van der Waals surface area contributed by atoms with E-state index >= 15 is 0 Å². The minimum atomic E-state index is -1.74. The predicted molar refractivity (Wildman–Crippen MR) is 70.2 cm³/mol. The number of carbonyl (C=O) groups excluding carboxylic acids is 3. The van der Waals surface area contributed by atoms with E-state index in [1.165, 1.54) is 6.92 Å². The van der Waals surface area contributed by atoms with Gasteiger partial charge in [-0.05, 0) is 0 Å². The summed E-state index contributed by atoms with van der Waals surface area (Å²) in [7, 11) is 0. The van der Waals surface area contributed by atoms with Gasteiger partial charge in [-0.3, -0.25) is 14.4 Å². The Morgan fingerprint density at radius 2 is 1.57 bits per heavy atom. The van der Waals surface area contributed by atoms with Crippen molar-refractivity contribution in [2.75, 3.05) is 6.61 Å². The maximum atomic E-state index is 14.1. The minimum absolute atomic E-state index is 0.264. The van der Waals surface area contributed by atoms with Crippen molar-refractivity contribution in [2.45, 2.75) is 50.3 Å². The standard InChI is InChI=1S/C12H16BrFO7/c1-5(15)18-4-8-10(19-6(2)16)11(20-7(3)17)9(14)12(13)21-8/h8-12H,4H2,1-3H3/t8-,9+,10-,11-,12?/m1/s1. The lowest BCUT2D eigenvalue weighted by Gasteiger charge is -2.40. The molecular weight excluding hydrogens is 355 g/mol. The van der Waals surface area contributed by atoms with E-state index in [1.54, 1.807) is 0 Å². The topological polar surface area (TPSA) is 88.1 Å². The molecule has 21 heavy (non-hydrogen) atoms. The Balaban J connectivity index is 2.94. The molecule has 0 radical (unpaired) electrons. The summed E-state index contributed by atoms with van der Waals surface area (Å²) in [5.41, 5.74) is 0. The number of ether oxygens (including phenoxy) is 4. The van der Waals surface area contributed by atoms with Crippen molar-refractivity contribution >= 4 is 33.8 Å². The molecule has 5 atom stereocenters. The molecule has 0 aliphatic carbocycles. The molecule has 0 amide bonds. The van der Waals surface area contributed by atoms with E-state index in [1.807, 2.05) is 0 Å². The average molecular weight is 371 g/mol. The molecule has 0 spiro atoms. The van der Waals surface area contributed by atoms with Crippen LogP contribution < -0.4 is 0 Å². The van der Waals surface area contributed by atoms with Gasteiger partial charge in [0.2, 0.25) is 0 Å². The lowest BCUT2D eigenvalue weighted by molar-refractivity contribution is -0.220. The minimum Gasteiger partial charge on any atom is -0.463 e.